The number of esters is 1. The second-order valence-corrected chi connectivity index (χ2v) is 5.79. The molecular weight excluding hydrogens is 330 g/mol. The van der Waals surface area contributed by atoms with Crippen LogP contribution in [-0.2, 0) is 16.0 Å². The fraction of sp³-hybridized carbons (Fsp3) is 0.278. The number of halogens is 1. The van der Waals surface area contributed by atoms with Crippen LogP contribution in [-0.4, -0.2) is 22.9 Å². The summed E-state index contributed by atoms with van der Waals surface area (Å²) < 4.78 is 4.88. The number of carbonyl (C=O) groups is 1. The minimum atomic E-state index is -0.640. The average molecular weight is 348 g/mol. The molecule has 126 valence electrons. The summed E-state index contributed by atoms with van der Waals surface area (Å²) >= 11 is 6.00. The highest BCUT2D eigenvalue weighted by Gasteiger charge is 2.16. The van der Waals surface area contributed by atoms with E-state index < -0.39 is 10.3 Å². The van der Waals surface area contributed by atoms with Gasteiger partial charge in [0.1, 0.15) is 5.38 Å². The number of benzene rings is 2. The van der Waals surface area contributed by atoms with E-state index in [1.807, 2.05) is 24.3 Å². The third kappa shape index (κ3) is 4.80. The monoisotopic (exact) mass is 347 g/mol. The number of non-ortho nitro benzene ring substituents is 1. The van der Waals surface area contributed by atoms with Crippen molar-refractivity contribution >= 4 is 23.3 Å². The molecule has 0 aromatic heterocycles. The van der Waals surface area contributed by atoms with E-state index in [1.165, 1.54) is 12.1 Å². The van der Waals surface area contributed by atoms with Crippen molar-refractivity contribution in [2.75, 3.05) is 6.61 Å². The van der Waals surface area contributed by atoms with Gasteiger partial charge in [-0.05, 0) is 48.6 Å². The van der Waals surface area contributed by atoms with Crippen LogP contribution >= 0.6 is 11.6 Å². The molecule has 6 heteroatoms. The van der Waals surface area contributed by atoms with Gasteiger partial charge in [0.2, 0.25) is 0 Å². The van der Waals surface area contributed by atoms with Gasteiger partial charge < -0.3 is 4.74 Å². The number of alkyl halides is 1. The van der Waals surface area contributed by atoms with Gasteiger partial charge in [0.25, 0.3) is 5.69 Å². The number of ether oxygens (including phenoxy) is 1. The van der Waals surface area contributed by atoms with Crippen molar-refractivity contribution in [1.82, 2.24) is 0 Å². The minimum Gasteiger partial charge on any atom is -0.465 e. The lowest BCUT2D eigenvalue weighted by molar-refractivity contribution is -0.384. The molecular formula is C18H18ClNO4. The molecule has 0 amide bonds. The zero-order valence-corrected chi connectivity index (χ0v) is 14.0. The summed E-state index contributed by atoms with van der Waals surface area (Å²) in [6, 6.07) is 14.2. The third-order valence-electron chi connectivity index (χ3n) is 3.59. The molecule has 1 unspecified atom stereocenters. The highest BCUT2D eigenvalue weighted by Crippen LogP contribution is 2.23. The maximum absolute atomic E-state index is 11.5. The Kier molecular flexibility index (Phi) is 6.32. The molecule has 0 aliphatic carbocycles. The molecule has 0 saturated carbocycles. The number of nitro groups is 1. The smallest absolute Gasteiger partial charge is 0.324 e. The predicted molar refractivity (Wildman–Crippen MR) is 93.1 cm³/mol. The molecule has 0 spiro atoms. The van der Waals surface area contributed by atoms with E-state index in [9.17, 15) is 14.9 Å². The van der Waals surface area contributed by atoms with E-state index >= 15 is 0 Å². The largest absolute Gasteiger partial charge is 0.465 e. The van der Waals surface area contributed by atoms with Crippen LogP contribution in [0.2, 0.25) is 0 Å². The first-order chi connectivity index (χ1) is 11.5. The van der Waals surface area contributed by atoms with Crippen LogP contribution in [0.4, 0.5) is 5.69 Å². The Labute approximate surface area is 145 Å². The van der Waals surface area contributed by atoms with Crippen molar-refractivity contribution in [2.45, 2.75) is 25.1 Å². The first-order valence-electron chi connectivity index (χ1n) is 7.65. The molecule has 24 heavy (non-hydrogen) atoms. The first-order valence-corrected chi connectivity index (χ1v) is 8.09. The Morgan fingerprint density at radius 3 is 2.17 bits per heavy atom. The molecule has 2 aromatic rings. The van der Waals surface area contributed by atoms with E-state index in [0.717, 1.165) is 16.7 Å². The van der Waals surface area contributed by atoms with E-state index in [2.05, 4.69) is 0 Å². The van der Waals surface area contributed by atoms with Crippen molar-refractivity contribution in [1.29, 1.82) is 0 Å². The maximum atomic E-state index is 11.5. The summed E-state index contributed by atoms with van der Waals surface area (Å²) in [4.78, 5) is 21.7. The second-order valence-electron chi connectivity index (χ2n) is 5.26. The lowest BCUT2D eigenvalue weighted by Crippen LogP contribution is -2.18. The summed E-state index contributed by atoms with van der Waals surface area (Å²) in [6.45, 7) is 2.07. The fourth-order valence-electron chi connectivity index (χ4n) is 2.28. The van der Waals surface area contributed by atoms with Gasteiger partial charge in [-0.3, -0.25) is 14.9 Å². The molecule has 0 saturated heterocycles. The normalized spacial score (nSPS) is 11.8. The van der Waals surface area contributed by atoms with Crippen LogP contribution in [0.5, 0.6) is 0 Å². The number of nitrogens with zero attached hydrogens (tertiary/aromatic N) is 1. The summed E-state index contributed by atoms with van der Waals surface area (Å²) in [5.41, 5.74) is 3.02. The molecule has 2 rings (SSSR count). The highest BCUT2D eigenvalue weighted by molar-refractivity contribution is 6.29. The molecule has 0 fully saturated rings. The standard InChI is InChI=1S/C18H18ClNO4/c1-2-24-18(21)17(19)12-5-13-3-6-14(7-4-13)15-8-10-16(11-9-15)20(22)23/h3-4,6-11,17H,2,5,12H2,1H3. The molecule has 0 aliphatic heterocycles. The molecule has 5 nitrogen and oxygen atoms in total. The Hall–Kier alpha value is -2.40. The Morgan fingerprint density at radius 2 is 1.67 bits per heavy atom. The van der Waals surface area contributed by atoms with Crippen LogP contribution in [0.25, 0.3) is 11.1 Å². The van der Waals surface area contributed by atoms with E-state index in [0.29, 0.717) is 19.4 Å². The van der Waals surface area contributed by atoms with Crippen LogP contribution < -0.4 is 0 Å². The molecule has 0 aliphatic rings. The van der Waals surface area contributed by atoms with Crippen LogP contribution in [0.15, 0.2) is 48.5 Å². The van der Waals surface area contributed by atoms with Crippen LogP contribution in [0.1, 0.15) is 18.9 Å². The van der Waals surface area contributed by atoms with Crippen molar-refractivity contribution in [3.05, 3.63) is 64.2 Å². The Balaban J connectivity index is 1.97. The number of aryl methyl sites for hydroxylation is 1. The zero-order valence-electron chi connectivity index (χ0n) is 13.3. The Bertz CT molecular complexity index is 698. The second kappa shape index (κ2) is 8.45. The van der Waals surface area contributed by atoms with Crippen molar-refractivity contribution < 1.29 is 14.5 Å². The molecule has 2 aromatic carbocycles. The first kappa shape index (κ1) is 17.9. The molecule has 0 radical (unpaired) electrons. The summed E-state index contributed by atoms with van der Waals surface area (Å²) in [6.07, 6.45) is 1.19. The third-order valence-corrected chi connectivity index (χ3v) is 3.99. The number of hydrogen-bond acceptors (Lipinski definition) is 4. The van der Waals surface area contributed by atoms with Gasteiger partial charge in [-0.2, -0.15) is 0 Å². The number of hydrogen-bond donors (Lipinski definition) is 0. The number of rotatable bonds is 7. The van der Waals surface area contributed by atoms with Crippen LogP contribution in [0.3, 0.4) is 0 Å². The van der Waals surface area contributed by atoms with E-state index in [-0.39, 0.29) is 11.7 Å². The highest BCUT2D eigenvalue weighted by atomic mass is 35.5. The number of nitro benzene ring substituents is 1. The van der Waals surface area contributed by atoms with Crippen molar-refractivity contribution in [3.63, 3.8) is 0 Å². The van der Waals surface area contributed by atoms with Crippen molar-refractivity contribution in [2.24, 2.45) is 0 Å². The van der Waals surface area contributed by atoms with Gasteiger partial charge in [0.05, 0.1) is 11.5 Å². The quantitative estimate of drug-likeness (QED) is 0.323. The van der Waals surface area contributed by atoms with Gasteiger partial charge in [-0.1, -0.05) is 24.3 Å². The number of carbonyl (C=O) groups excluding carboxylic acids is 1. The van der Waals surface area contributed by atoms with Gasteiger partial charge in [-0.25, -0.2) is 0 Å². The summed E-state index contributed by atoms with van der Waals surface area (Å²) in [5.74, 6) is -0.387. The van der Waals surface area contributed by atoms with Crippen molar-refractivity contribution in [3.8, 4) is 11.1 Å². The van der Waals surface area contributed by atoms with Gasteiger partial charge in [0.15, 0.2) is 0 Å². The van der Waals surface area contributed by atoms with Gasteiger partial charge >= 0.3 is 5.97 Å². The maximum Gasteiger partial charge on any atom is 0.324 e. The minimum absolute atomic E-state index is 0.0717. The SMILES string of the molecule is CCOC(=O)C(Cl)CCc1ccc(-c2ccc([N+](=O)[O-])cc2)cc1. The average Bonchev–Trinajstić information content (AvgIpc) is 2.60. The molecule has 0 N–H and O–H groups in total. The molecule has 0 bridgehead atoms. The molecule has 0 heterocycles. The van der Waals surface area contributed by atoms with Gasteiger partial charge in [0, 0.05) is 12.1 Å². The lowest BCUT2D eigenvalue weighted by atomic mass is 10.0. The van der Waals surface area contributed by atoms with E-state index in [4.69, 9.17) is 16.3 Å². The summed E-state index contributed by atoms with van der Waals surface area (Å²) in [5, 5.41) is 10.0. The summed E-state index contributed by atoms with van der Waals surface area (Å²) in [7, 11) is 0. The van der Waals surface area contributed by atoms with Gasteiger partial charge in [-0.15, -0.1) is 11.6 Å². The van der Waals surface area contributed by atoms with Crippen LogP contribution in [0, 0.1) is 10.1 Å². The predicted octanol–water partition coefficient (Wildman–Crippen LogP) is 4.36. The lowest BCUT2D eigenvalue weighted by Gasteiger charge is -2.09. The van der Waals surface area contributed by atoms with E-state index in [1.54, 1.807) is 19.1 Å². The molecule has 1 atom stereocenters. The topological polar surface area (TPSA) is 69.4 Å². The zero-order chi connectivity index (χ0) is 17.5. The Morgan fingerprint density at radius 1 is 1.12 bits per heavy atom. The fourth-order valence-corrected chi connectivity index (χ4v) is 2.46.